The Morgan fingerprint density at radius 2 is 1.64 bits per heavy atom. The molecule has 0 aromatic heterocycles. The average Bonchev–Trinajstić information content (AvgIpc) is 2.43. The van der Waals surface area contributed by atoms with Gasteiger partial charge in [0, 0.05) is 12.1 Å². The highest BCUT2D eigenvalue weighted by molar-refractivity contribution is 4.81. The van der Waals surface area contributed by atoms with Gasteiger partial charge < -0.3 is 10.5 Å². The van der Waals surface area contributed by atoms with E-state index in [0.29, 0.717) is 0 Å². The summed E-state index contributed by atoms with van der Waals surface area (Å²) in [6.07, 6.45) is 1.01. The van der Waals surface area contributed by atoms with E-state index in [9.17, 15) is 0 Å². The zero-order valence-electron chi connectivity index (χ0n) is 8.61. The minimum absolute atomic E-state index is 0.0278. The third kappa shape index (κ3) is 7.82. The van der Waals surface area contributed by atoms with E-state index in [1.54, 1.807) is 0 Å². The Balaban J connectivity index is 0. The summed E-state index contributed by atoms with van der Waals surface area (Å²) in [7, 11) is 0. The molecule has 1 rings (SSSR count). The van der Waals surface area contributed by atoms with E-state index in [-0.39, 0.29) is 5.54 Å². The molecule has 1 aliphatic heterocycles. The molecule has 1 fully saturated rings. The highest BCUT2D eigenvalue weighted by Crippen LogP contribution is 2.12. The molecule has 0 radical (unpaired) electrons. The fraction of sp³-hybridized carbons (Fsp3) is 1.00. The lowest BCUT2D eigenvalue weighted by atomic mass is 10.0. The van der Waals surface area contributed by atoms with Crippen LogP contribution in [0.5, 0.6) is 0 Å². The SMILES string of the molecule is CC.CC.CC1(N)CCOC1. The summed E-state index contributed by atoms with van der Waals surface area (Å²) in [5, 5.41) is 0. The molecule has 1 heterocycles. The quantitative estimate of drug-likeness (QED) is 0.591. The lowest BCUT2D eigenvalue weighted by Crippen LogP contribution is -2.35. The molecule has 2 N–H and O–H groups in total. The van der Waals surface area contributed by atoms with Crippen LogP contribution in [0.3, 0.4) is 0 Å². The van der Waals surface area contributed by atoms with Crippen molar-refractivity contribution >= 4 is 0 Å². The van der Waals surface area contributed by atoms with Gasteiger partial charge in [-0.25, -0.2) is 0 Å². The molecule has 0 amide bonds. The second kappa shape index (κ2) is 8.02. The van der Waals surface area contributed by atoms with Crippen LogP contribution in [0.4, 0.5) is 0 Å². The van der Waals surface area contributed by atoms with Crippen molar-refractivity contribution < 1.29 is 4.74 Å². The highest BCUT2D eigenvalue weighted by atomic mass is 16.5. The Hall–Kier alpha value is -0.0800. The first kappa shape index (κ1) is 13.5. The third-order valence-electron chi connectivity index (χ3n) is 1.25. The van der Waals surface area contributed by atoms with Gasteiger partial charge in [-0.05, 0) is 13.3 Å². The molecule has 11 heavy (non-hydrogen) atoms. The van der Waals surface area contributed by atoms with Gasteiger partial charge >= 0.3 is 0 Å². The minimum Gasteiger partial charge on any atom is -0.379 e. The zero-order chi connectivity index (χ0) is 9.33. The summed E-state index contributed by atoms with van der Waals surface area (Å²) in [6.45, 7) is 11.6. The molecule has 70 valence electrons. The first-order chi connectivity index (χ1) is 5.21. The van der Waals surface area contributed by atoms with Gasteiger partial charge in [0.2, 0.25) is 0 Å². The van der Waals surface area contributed by atoms with Gasteiger partial charge in [0.05, 0.1) is 6.61 Å². The normalized spacial score (nSPS) is 27.8. The molecule has 0 bridgehead atoms. The monoisotopic (exact) mass is 161 g/mol. The average molecular weight is 161 g/mol. The lowest BCUT2D eigenvalue weighted by molar-refractivity contribution is 0.182. The van der Waals surface area contributed by atoms with Gasteiger partial charge in [0.15, 0.2) is 0 Å². The third-order valence-corrected chi connectivity index (χ3v) is 1.25. The summed E-state index contributed by atoms with van der Waals surface area (Å²) < 4.78 is 5.03. The predicted molar refractivity (Wildman–Crippen MR) is 50.7 cm³/mol. The van der Waals surface area contributed by atoms with Crippen molar-refractivity contribution in [3.8, 4) is 0 Å². The molecule has 2 heteroatoms. The smallest absolute Gasteiger partial charge is 0.0644 e. The Morgan fingerprint density at radius 3 is 1.73 bits per heavy atom. The maximum atomic E-state index is 5.65. The first-order valence-corrected chi connectivity index (χ1v) is 4.57. The number of hydrogen-bond acceptors (Lipinski definition) is 2. The molecule has 1 unspecified atom stereocenters. The number of ether oxygens (including phenoxy) is 1. The van der Waals surface area contributed by atoms with E-state index in [2.05, 4.69) is 0 Å². The number of hydrogen-bond donors (Lipinski definition) is 1. The van der Waals surface area contributed by atoms with Crippen molar-refractivity contribution in [1.82, 2.24) is 0 Å². The summed E-state index contributed by atoms with van der Waals surface area (Å²) in [5.41, 5.74) is 5.62. The molecule has 1 aliphatic rings. The highest BCUT2D eigenvalue weighted by Gasteiger charge is 2.23. The van der Waals surface area contributed by atoms with E-state index in [1.165, 1.54) is 0 Å². The molecule has 0 aliphatic carbocycles. The van der Waals surface area contributed by atoms with Gasteiger partial charge in [-0.2, -0.15) is 0 Å². The van der Waals surface area contributed by atoms with Crippen molar-refractivity contribution in [2.75, 3.05) is 13.2 Å². The summed E-state index contributed by atoms with van der Waals surface area (Å²) in [4.78, 5) is 0. The van der Waals surface area contributed by atoms with Crippen molar-refractivity contribution in [2.24, 2.45) is 5.73 Å². The van der Waals surface area contributed by atoms with Gasteiger partial charge in [-0.1, -0.05) is 27.7 Å². The van der Waals surface area contributed by atoms with Gasteiger partial charge in [0.1, 0.15) is 0 Å². The largest absolute Gasteiger partial charge is 0.379 e. The van der Waals surface area contributed by atoms with E-state index in [0.717, 1.165) is 19.6 Å². The van der Waals surface area contributed by atoms with Crippen molar-refractivity contribution in [3.63, 3.8) is 0 Å². The maximum Gasteiger partial charge on any atom is 0.0644 e. The summed E-state index contributed by atoms with van der Waals surface area (Å²) in [5.74, 6) is 0. The van der Waals surface area contributed by atoms with Crippen LogP contribution in [0, 0.1) is 0 Å². The molecule has 0 aromatic carbocycles. The standard InChI is InChI=1S/C5H11NO.2C2H6/c1-5(6)2-3-7-4-5;2*1-2/h2-4,6H2,1H3;2*1-2H3. The zero-order valence-corrected chi connectivity index (χ0v) is 8.61. The van der Waals surface area contributed by atoms with Crippen molar-refractivity contribution in [2.45, 2.75) is 46.6 Å². The van der Waals surface area contributed by atoms with Crippen LogP contribution in [-0.2, 0) is 4.74 Å². The minimum atomic E-state index is -0.0278. The Kier molecular flexibility index (Phi) is 9.85. The van der Waals surface area contributed by atoms with Crippen LogP contribution in [0.15, 0.2) is 0 Å². The van der Waals surface area contributed by atoms with Crippen molar-refractivity contribution in [1.29, 1.82) is 0 Å². The summed E-state index contributed by atoms with van der Waals surface area (Å²) >= 11 is 0. The Labute approximate surface area is 71.1 Å². The lowest BCUT2D eigenvalue weighted by Gasteiger charge is -2.11. The van der Waals surface area contributed by atoms with Crippen LogP contribution in [0.1, 0.15) is 41.0 Å². The van der Waals surface area contributed by atoms with Gasteiger partial charge in [-0.3, -0.25) is 0 Å². The van der Waals surface area contributed by atoms with E-state index >= 15 is 0 Å². The molecular weight excluding hydrogens is 138 g/mol. The first-order valence-electron chi connectivity index (χ1n) is 4.57. The Morgan fingerprint density at radius 1 is 1.18 bits per heavy atom. The molecule has 2 nitrogen and oxygen atoms in total. The topological polar surface area (TPSA) is 35.2 Å². The predicted octanol–water partition coefficient (Wildman–Crippen LogP) is 2.18. The maximum absolute atomic E-state index is 5.65. The van der Waals surface area contributed by atoms with Crippen LogP contribution in [0.2, 0.25) is 0 Å². The van der Waals surface area contributed by atoms with Crippen molar-refractivity contribution in [3.05, 3.63) is 0 Å². The molecule has 1 saturated heterocycles. The molecule has 0 spiro atoms. The van der Waals surface area contributed by atoms with Gasteiger partial charge in [0.25, 0.3) is 0 Å². The Bertz CT molecular complexity index is 64.0. The van der Waals surface area contributed by atoms with Crippen LogP contribution in [0.25, 0.3) is 0 Å². The number of rotatable bonds is 0. The molecule has 0 aromatic rings. The van der Waals surface area contributed by atoms with E-state index in [4.69, 9.17) is 10.5 Å². The van der Waals surface area contributed by atoms with Crippen LogP contribution in [-0.4, -0.2) is 18.8 Å². The second-order valence-corrected chi connectivity index (χ2v) is 2.46. The fourth-order valence-electron chi connectivity index (χ4n) is 0.683. The summed E-state index contributed by atoms with van der Waals surface area (Å²) in [6, 6.07) is 0. The molecule has 1 atom stereocenters. The van der Waals surface area contributed by atoms with E-state index < -0.39 is 0 Å². The van der Waals surface area contributed by atoms with Crippen LogP contribution >= 0.6 is 0 Å². The van der Waals surface area contributed by atoms with Crippen LogP contribution < -0.4 is 5.73 Å². The fourth-order valence-corrected chi connectivity index (χ4v) is 0.683. The molecule has 0 saturated carbocycles. The molecular formula is C9H23NO. The van der Waals surface area contributed by atoms with E-state index in [1.807, 2.05) is 34.6 Å². The second-order valence-electron chi connectivity index (χ2n) is 2.46. The number of nitrogens with two attached hydrogens (primary N) is 1. The van der Waals surface area contributed by atoms with Gasteiger partial charge in [-0.15, -0.1) is 0 Å².